The first-order valence-corrected chi connectivity index (χ1v) is 6.51. The van der Waals surface area contributed by atoms with Crippen LogP contribution in [0, 0.1) is 0 Å². The van der Waals surface area contributed by atoms with E-state index in [1.807, 2.05) is 18.2 Å². The van der Waals surface area contributed by atoms with Gasteiger partial charge in [0.05, 0.1) is 12.4 Å². The first kappa shape index (κ1) is 12.1. The van der Waals surface area contributed by atoms with Gasteiger partial charge in [-0.1, -0.05) is 29.8 Å². The van der Waals surface area contributed by atoms with Crippen molar-refractivity contribution in [3.63, 3.8) is 0 Å². The van der Waals surface area contributed by atoms with Gasteiger partial charge in [-0.05, 0) is 24.5 Å². The van der Waals surface area contributed by atoms with Gasteiger partial charge in [-0.3, -0.25) is 4.79 Å². The lowest BCUT2D eigenvalue weighted by Gasteiger charge is -2.29. The molecule has 1 aliphatic heterocycles. The number of anilines is 1. The number of halogens is 1. The lowest BCUT2D eigenvalue weighted by molar-refractivity contribution is 0.0980. The zero-order chi connectivity index (χ0) is 13.2. The van der Waals surface area contributed by atoms with Crippen LogP contribution in [0.15, 0.2) is 36.7 Å². The summed E-state index contributed by atoms with van der Waals surface area (Å²) in [5.41, 5.74) is 2.49. The van der Waals surface area contributed by atoms with E-state index in [-0.39, 0.29) is 11.1 Å². The first-order valence-electron chi connectivity index (χ1n) is 6.13. The molecule has 19 heavy (non-hydrogen) atoms. The van der Waals surface area contributed by atoms with E-state index in [4.69, 9.17) is 11.6 Å². The van der Waals surface area contributed by atoms with Gasteiger partial charge in [-0.2, -0.15) is 0 Å². The fourth-order valence-electron chi connectivity index (χ4n) is 2.31. The third-order valence-electron chi connectivity index (χ3n) is 3.19. The van der Waals surface area contributed by atoms with Crippen molar-refractivity contribution >= 4 is 23.2 Å². The first-order chi connectivity index (χ1) is 9.25. The Morgan fingerprint density at radius 1 is 1.21 bits per heavy atom. The van der Waals surface area contributed by atoms with Crippen LogP contribution in [0.2, 0.25) is 5.15 Å². The summed E-state index contributed by atoms with van der Waals surface area (Å²) >= 11 is 5.68. The number of hydrogen-bond acceptors (Lipinski definition) is 3. The van der Waals surface area contributed by atoms with E-state index in [9.17, 15) is 4.79 Å². The van der Waals surface area contributed by atoms with Crippen molar-refractivity contribution in [3.8, 4) is 0 Å². The maximum Gasteiger partial charge on any atom is 0.278 e. The molecule has 0 fully saturated rings. The highest BCUT2D eigenvalue weighted by Crippen LogP contribution is 2.27. The summed E-state index contributed by atoms with van der Waals surface area (Å²) < 4.78 is 0. The van der Waals surface area contributed by atoms with Crippen LogP contribution in [-0.4, -0.2) is 22.4 Å². The van der Waals surface area contributed by atoms with E-state index in [0.29, 0.717) is 12.2 Å². The molecule has 0 aliphatic carbocycles. The lowest BCUT2D eigenvalue weighted by atomic mass is 10.0. The van der Waals surface area contributed by atoms with Gasteiger partial charge >= 0.3 is 0 Å². The molecule has 2 heterocycles. The Morgan fingerprint density at radius 3 is 2.84 bits per heavy atom. The van der Waals surface area contributed by atoms with Crippen LogP contribution in [0.4, 0.5) is 5.69 Å². The van der Waals surface area contributed by atoms with Crippen molar-refractivity contribution < 1.29 is 4.79 Å². The van der Waals surface area contributed by atoms with Crippen LogP contribution < -0.4 is 4.90 Å². The zero-order valence-electron chi connectivity index (χ0n) is 10.2. The minimum absolute atomic E-state index is 0.128. The Hall–Kier alpha value is -1.94. The second-order valence-corrected chi connectivity index (χ2v) is 4.80. The van der Waals surface area contributed by atoms with E-state index in [2.05, 4.69) is 16.0 Å². The summed E-state index contributed by atoms with van der Waals surface area (Å²) in [5, 5.41) is 0.288. The number of para-hydroxylation sites is 1. The molecule has 1 aromatic heterocycles. The van der Waals surface area contributed by atoms with Crippen LogP contribution in [-0.2, 0) is 6.42 Å². The Morgan fingerprint density at radius 2 is 2.05 bits per heavy atom. The molecule has 0 saturated carbocycles. The Balaban J connectivity index is 1.95. The summed E-state index contributed by atoms with van der Waals surface area (Å²) in [5.74, 6) is -0.128. The molecule has 0 saturated heterocycles. The van der Waals surface area contributed by atoms with E-state index >= 15 is 0 Å². The molecule has 3 rings (SSSR count). The van der Waals surface area contributed by atoms with Crippen molar-refractivity contribution in [1.82, 2.24) is 9.97 Å². The van der Waals surface area contributed by atoms with Gasteiger partial charge in [-0.25, -0.2) is 9.97 Å². The molecule has 4 nitrogen and oxygen atoms in total. The Kier molecular flexibility index (Phi) is 3.17. The second-order valence-electron chi connectivity index (χ2n) is 4.41. The normalized spacial score (nSPS) is 14.1. The molecule has 96 valence electrons. The number of benzene rings is 1. The predicted octanol–water partition coefficient (Wildman–Crippen LogP) is 2.72. The molecular weight excluding hydrogens is 262 g/mol. The van der Waals surface area contributed by atoms with Crippen LogP contribution in [0.5, 0.6) is 0 Å². The third-order valence-corrected chi connectivity index (χ3v) is 3.39. The standard InChI is InChI=1S/C14H12ClN3O/c15-13-9-16-11(8-17-13)14(19)18-7-3-5-10-4-1-2-6-12(10)18/h1-2,4,6,8-9H,3,5,7H2. The van der Waals surface area contributed by atoms with E-state index in [1.54, 1.807) is 4.90 Å². The summed E-state index contributed by atoms with van der Waals surface area (Å²) in [6, 6.07) is 7.96. The van der Waals surface area contributed by atoms with Crippen molar-refractivity contribution in [2.24, 2.45) is 0 Å². The van der Waals surface area contributed by atoms with Gasteiger partial charge < -0.3 is 4.90 Å². The molecule has 0 N–H and O–H groups in total. The average Bonchev–Trinajstić information content (AvgIpc) is 2.47. The van der Waals surface area contributed by atoms with Crippen LogP contribution >= 0.6 is 11.6 Å². The number of aryl methyl sites for hydroxylation is 1. The highest BCUT2D eigenvalue weighted by molar-refractivity contribution is 6.29. The number of hydrogen-bond donors (Lipinski definition) is 0. The maximum atomic E-state index is 12.5. The molecule has 0 radical (unpaired) electrons. The second kappa shape index (κ2) is 4.97. The summed E-state index contributed by atoms with van der Waals surface area (Å²) in [7, 11) is 0. The number of carbonyl (C=O) groups excluding carboxylic acids is 1. The SMILES string of the molecule is O=C(c1cnc(Cl)cn1)N1CCCc2ccccc21. The molecular formula is C14H12ClN3O. The molecule has 2 aromatic rings. The van der Waals surface area contributed by atoms with Gasteiger partial charge in [0, 0.05) is 12.2 Å². The molecule has 0 unspecified atom stereocenters. The number of amides is 1. The summed E-state index contributed by atoms with van der Waals surface area (Å²) in [4.78, 5) is 22.2. The summed E-state index contributed by atoms with van der Waals surface area (Å²) in [6.07, 6.45) is 4.78. The Bertz CT molecular complexity index is 612. The number of fused-ring (bicyclic) bond motifs is 1. The molecule has 1 amide bonds. The molecule has 5 heteroatoms. The van der Waals surface area contributed by atoms with Gasteiger partial charge in [0.25, 0.3) is 5.91 Å². The van der Waals surface area contributed by atoms with E-state index in [0.717, 1.165) is 18.5 Å². The smallest absolute Gasteiger partial charge is 0.278 e. The highest BCUT2D eigenvalue weighted by atomic mass is 35.5. The van der Waals surface area contributed by atoms with Crippen LogP contribution in [0.25, 0.3) is 0 Å². The summed E-state index contributed by atoms with van der Waals surface area (Å²) in [6.45, 7) is 0.708. The van der Waals surface area contributed by atoms with Crippen molar-refractivity contribution in [2.75, 3.05) is 11.4 Å². The Labute approximate surface area is 116 Å². The van der Waals surface area contributed by atoms with Crippen molar-refractivity contribution in [3.05, 3.63) is 53.1 Å². The largest absolute Gasteiger partial charge is 0.307 e. The molecule has 1 aliphatic rings. The fourth-order valence-corrected chi connectivity index (χ4v) is 2.40. The molecule has 0 atom stereocenters. The van der Waals surface area contributed by atoms with Gasteiger partial charge in [0.2, 0.25) is 0 Å². The maximum absolute atomic E-state index is 12.5. The van der Waals surface area contributed by atoms with Gasteiger partial charge in [0.1, 0.15) is 10.8 Å². The number of carbonyl (C=O) groups is 1. The zero-order valence-corrected chi connectivity index (χ0v) is 11.0. The third kappa shape index (κ3) is 2.31. The topological polar surface area (TPSA) is 46.1 Å². The quantitative estimate of drug-likeness (QED) is 0.803. The number of rotatable bonds is 1. The monoisotopic (exact) mass is 273 g/mol. The average molecular weight is 274 g/mol. The van der Waals surface area contributed by atoms with Crippen molar-refractivity contribution in [2.45, 2.75) is 12.8 Å². The number of aromatic nitrogens is 2. The predicted molar refractivity (Wildman–Crippen MR) is 73.5 cm³/mol. The highest BCUT2D eigenvalue weighted by Gasteiger charge is 2.24. The van der Waals surface area contributed by atoms with Crippen molar-refractivity contribution in [1.29, 1.82) is 0 Å². The van der Waals surface area contributed by atoms with E-state index in [1.165, 1.54) is 18.0 Å². The van der Waals surface area contributed by atoms with Gasteiger partial charge in [0.15, 0.2) is 0 Å². The lowest BCUT2D eigenvalue weighted by Crippen LogP contribution is -2.36. The molecule has 1 aromatic carbocycles. The van der Waals surface area contributed by atoms with Crippen LogP contribution in [0.3, 0.4) is 0 Å². The minimum Gasteiger partial charge on any atom is -0.307 e. The molecule has 0 bridgehead atoms. The van der Waals surface area contributed by atoms with Crippen LogP contribution in [0.1, 0.15) is 22.5 Å². The minimum atomic E-state index is -0.128. The van der Waals surface area contributed by atoms with Gasteiger partial charge in [-0.15, -0.1) is 0 Å². The van der Waals surface area contributed by atoms with E-state index < -0.39 is 0 Å². The molecule has 0 spiro atoms. The number of nitrogens with zero attached hydrogens (tertiary/aromatic N) is 3. The fraction of sp³-hybridized carbons (Fsp3) is 0.214.